The first-order chi connectivity index (χ1) is 12.8. The highest BCUT2D eigenvalue weighted by atomic mass is 16.5. The maximum atomic E-state index is 10.7. The number of ether oxygens (including phenoxy) is 1. The van der Waals surface area contributed by atoms with E-state index in [1.165, 1.54) is 17.2 Å². The molecule has 1 aromatic carbocycles. The van der Waals surface area contributed by atoms with Gasteiger partial charge in [-0.2, -0.15) is 0 Å². The highest BCUT2D eigenvalue weighted by molar-refractivity contribution is 5.81. The van der Waals surface area contributed by atoms with Gasteiger partial charge in [-0.15, -0.1) is 0 Å². The molecule has 0 atom stereocenters. The topological polar surface area (TPSA) is 46.5 Å². The molecular formula is C24H34O3. The quantitative estimate of drug-likeness (QED) is 0.289. The Labute approximate surface area is 164 Å². The van der Waals surface area contributed by atoms with Crippen molar-refractivity contribution in [1.29, 1.82) is 0 Å². The van der Waals surface area contributed by atoms with Crippen molar-refractivity contribution in [2.45, 2.75) is 66.7 Å². The lowest BCUT2D eigenvalue weighted by Crippen LogP contribution is -2.04. The summed E-state index contributed by atoms with van der Waals surface area (Å²) in [6.07, 6.45) is 10.00. The predicted molar refractivity (Wildman–Crippen MR) is 114 cm³/mol. The third-order valence-electron chi connectivity index (χ3n) is 4.46. The molecule has 3 nitrogen and oxygen atoms in total. The van der Waals surface area contributed by atoms with Gasteiger partial charge in [0.1, 0.15) is 5.75 Å². The molecule has 3 heteroatoms. The molecule has 0 spiro atoms. The molecule has 1 rings (SSSR count). The van der Waals surface area contributed by atoms with Crippen LogP contribution in [-0.2, 0) is 11.2 Å². The van der Waals surface area contributed by atoms with Crippen molar-refractivity contribution >= 4 is 11.5 Å². The van der Waals surface area contributed by atoms with Crippen LogP contribution in [0.4, 0.5) is 0 Å². The van der Waals surface area contributed by atoms with Gasteiger partial charge in [0, 0.05) is 11.6 Å². The summed E-state index contributed by atoms with van der Waals surface area (Å²) in [5.41, 5.74) is 5.49. The Kier molecular flexibility index (Phi) is 9.63. The summed E-state index contributed by atoms with van der Waals surface area (Å²) in [6.45, 7) is 13.3. The lowest BCUT2D eigenvalue weighted by atomic mass is 9.92. The molecule has 1 aromatic rings. The van der Waals surface area contributed by atoms with E-state index in [1.54, 1.807) is 6.92 Å². The van der Waals surface area contributed by atoms with Crippen LogP contribution in [0.2, 0.25) is 0 Å². The fraction of sp³-hybridized carbons (Fsp3) is 0.458. The lowest BCUT2D eigenvalue weighted by molar-refractivity contribution is -0.131. The maximum Gasteiger partial charge on any atom is 0.328 e. The zero-order chi connectivity index (χ0) is 20.4. The van der Waals surface area contributed by atoms with Crippen molar-refractivity contribution in [3.8, 4) is 5.75 Å². The van der Waals surface area contributed by atoms with Gasteiger partial charge < -0.3 is 9.84 Å². The van der Waals surface area contributed by atoms with Gasteiger partial charge in [-0.1, -0.05) is 58.4 Å². The standard InChI is InChI=1S/C24H34O3/c1-7-9-13-27-24-20(8-2)15-21(17(3)4)16-22(24)19(6)12-10-11-18(5)14-23(25)26/h10-12,14-17H,7-9,13H2,1-6H3,(H,25,26)/b11-10+,18-14+,19-12+. The Morgan fingerprint density at radius 3 is 2.48 bits per heavy atom. The van der Waals surface area contributed by atoms with E-state index in [0.29, 0.717) is 11.5 Å². The van der Waals surface area contributed by atoms with Crippen LogP contribution in [0.15, 0.2) is 42.0 Å². The number of carboxylic acids is 1. The second kappa shape index (κ2) is 11.4. The molecule has 0 saturated heterocycles. The Balaban J connectivity index is 3.30. The zero-order valence-electron chi connectivity index (χ0n) is 17.6. The van der Waals surface area contributed by atoms with Crippen LogP contribution in [0, 0.1) is 0 Å². The van der Waals surface area contributed by atoms with Gasteiger partial charge in [0.25, 0.3) is 0 Å². The normalized spacial score (nSPS) is 12.9. The second-order valence-electron chi connectivity index (χ2n) is 7.20. The lowest BCUT2D eigenvalue weighted by Gasteiger charge is -2.19. The summed E-state index contributed by atoms with van der Waals surface area (Å²) < 4.78 is 6.18. The van der Waals surface area contributed by atoms with Crippen LogP contribution in [0.1, 0.15) is 77.0 Å². The number of carbonyl (C=O) groups is 1. The van der Waals surface area contributed by atoms with Crippen molar-refractivity contribution in [1.82, 2.24) is 0 Å². The van der Waals surface area contributed by atoms with Crippen LogP contribution in [0.25, 0.3) is 5.57 Å². The average Bonchev–Trinajstić information content (AvgIpc) is 2.60. The first kappa shape index (κ1) is 22.8. The molecular weight excluding hydrogens is 336 g/mol. The molecule has 0 aliphatic carbocycles. The van der Waals surface area contributed by atoms with Gasteiger partial charge in [0.15, 0.2) is 0 Å². The molecule has 0 aliphatic rings. The fourth-order valence-corrected chi connectivity index (χ4v) is 2.77. The summed E-state index contributed by atoms with van der Waals surface area (Å²) in [5, 5.41) is 8.81. The molecule has 0 amide bonds. The average molecular weight is 371 g/mol. The highest BCUT2D eigenvalue weighted by Crippen LogP contribution is 2.34. The molecule has 0 aliphatic heterocycles. The van der Waals surface area contributed by atoms with Gasteiger partial charge in [0.2, 0.25) is 0 Å². The molecule has 0 heterocycles. The van der Waals surface area contributed by atoms with E-state index in [4.69, 9.17) is 9.84 Å². The van der Waals surface area contributed by atoms with E-state index >= 15 is 0 Å². The molecule has 1 N–H and O–H groups in total. The predicted octanol–water partition coefficient (Wildman–Crippen LogP) is 6.54. The summed E-state index contributed by atoms with van der Waals surface area (Å²) in [7, 11) is 0. The van der Waals surface area contributed by atoms with Gasteiger partial charge in [-0.05, 0) is 60.9 Å². The smallest absolute Gasteiger partial charge is 0.328 e. The molecule has 0 fully saturated rings. The van der Waals surface area contributed by atoms with E-state index in [-0.39, 0.29) is 0 Å². The minimum absolute atomic E-state index is 0.447. The monoisotopic (exact) mass is 370 g/mol. The summed E-state index contributed by atoms with van der Waals surface area (Å²) in [4.78, 5) is 10.7. The van der Waals surface area contributed by atoms with Crippen molar-refractivity contribution in [3.05, 3.63) is 58.7 Å². The van der Waals surface area contributed by atoms with Crippen molar-refractivity contribution in [3.63, 3.8) is 0 Å². The molecule has 0 aromatic heterocycles. The van der Waals surface area contributed by atoms with Crippen LogP contribution >= 0.6 is 0 Å². The Morgan fingerprint density at radius 2 is 1.93 bits per heavy atom. The molecule has 0 bridgehead atoms. The molecule has 0 unspecified atom stereocenters. The van der Waals surface area contributed by atoms with E-state index in [1.807, 2.05) is 18.2 Å². The Bertz CT molecular complexity index is 721. The van der Waals surface area contributed by atoms with Gasteiger partial charge in [-0.3, -0.25) is 0 Å². The van der Waals surface area contributed by atoms with E-state index in [2.05, 4.69) is 46.8 Å². The van der Waals surface area contributed by atoms with Crippen LogP contribution in [0.3, 0.4) is 0 Å². The zero-order valence-corrected chi connectivity index (χ0v) is 17.6. The number of rotatable bonds is 10. The SMILES string of the molecule is CCCCOc1c(CC)cc(C(C)C)cc1/C(C)=C/C=C/C(C)=C/C(=O)O. The fourth-order valence-electron chi connectivity index (χ4n) is 2.77. The van der Waals surface area contributed by atoms with Crippen molar-refractivity contribution < 1.29 is 14.6 Å². The molecule has 0 saturated carbocycles. The summed E-state index contributed by atoms with van der Waals surface area (Å²) >= 11 is 0. The van der Waals surface area contributed by atoms with Crippen LogP contribution < -0.4 is 4.74 Å². The third-order valence-corrected chi connectivity index (χ3v) is 4.46. The number of unbranched alkanes of at least 4 members (excludes halogenated alkanes) is 1. The molecule has 148 valence electrons. The summed E-state index contributed by atoms with van der Waals surface area (Å²) in [5.74, 6) is 0.500. The molecule has 27 heavy (non-hydrogen) atoms. The minimum atomic E-state index is -0.929. The van der Waals surface area contributed by atoms with Gasteiger partial charge in [0.05, 0.1) is 6.61 Å². The minimum Gasteiger partial charge on any atom is -0.493 e. The summed E-state index contributed by atoms with van der Waals surface area (Å²) in [6, 6.07) is 4.49. The van der Waals surface area contributed by atoms with Gasteiger partial charge >= 0.3 is 5.97 Å². The number of benzene rings is 1. The highest BCUT2D eigenvalue weighted by Gasteiger charge is 2.14. The van der Waals surface area contributed by atoms with E-state index in [0.717, 1.165) is 42.8 Å². The van der Waals surface area contributed by atoms with Crippen LogP contribution in [-0.4, -0.2) is 17.7 Å². The van der Waals surface area contributed by atoms with Crippen molar-refractivity contribution in [2.24, 2.45) is 0 Å². The Morgan fingerprint density at radius 1 is 1.22 bits per heavy atom. The van der Waals surface area contributed by atoms with E-state index in [9.17, 15) is 4.79 Å². The number of hydrogen-bond acceptors (Lipinski definition) is 2. The Hall–Kier alpha value is -2.29. The number of hydrogen-bond donors (Lipinski definition) is 1. The van der Waals surface area contributed by atoms with Crippen molar-refractivity contribution in [2.75, 3.05) is 6.61 Å². The van der Waals surface area contributed by atoms with E-state index < -0.39 is 5.97 Å². The number of carboxylic acid groups (broad SMARTS) is 1. The first-order valence-corrected chi connectivity index (χ1v) is 9.86. The third kappa shape index (κ3) is 7.46. The second-order valence-corrected chi connectivity index (χ2v) is 7.20. The van der Waals surface area contributed by atoms with Crippen LogP contribution in [0.5, 0.6) is 5.75 Å². The number of aryl methyl sites for hydroxylation is 1. The van der Waals surface area contributed by atoms with Gasteiger partial charge in [-0.25, -0.2) is 4.79 Å². The molecule has 0 radical (unpaired) electrons. The first-order valence-electron chi connectivity index (χ1n) is 9.86. The number of allylic oxidation sites excluding steroid dienone is 5. The maximum absolute atomic E-state index is 10.7. The number of aliphatic carboxylic acids is 1. The largest absolute Gasteiger partial charge is 0.493 e.